The van der Waals surface area contributed by atoms with E-state index in [2.05, 4.69) is 14.9 Å². The zero-order chi connectivity index (χ0) is 17.3. The number of phenols is 1. The Bertz CT molecular complexity index is 1510. The van der Waals surface area contributed by atoms with Gasteiger partial charge in [-0.05, 0) is 36.4 Å². The second kappa shape index (κ2) is 4.83. The van der Waals surface area contributed by atoms with E-state index < -0.39 is 0 Å². The van der Waals surface area contributed by atoms with Crippen molar-refractivity contribution < 1.29 is 5.11 Å². The van der Waals surface area contributed by atoms with Gasteiger partial charge in [0.25, 0.3) is 0 Å². The van der Waals surface area contributed by atoms with Gasteiger partial charge >= 0.3 is 0 Å². The Morgan fingerprint density at radius 3 is 1.88 bits per heavy atom. The highest BCUT2D eigenvalue weighted by Crippen LogP contribution is 2.31. The molecule has 6 aromatic rings. The predicted octanol–water partition coefficient (Wildman–Crippen LogP) is 4.77. The molecule has 0 radical (unpaired) electrons. The van der Waals surface area contributed by atoms with Crippen LogP contribution >= 0.6 is 11.3 Å². The Morgan fingerprint density at radius 1 is 0.654 bits per heavy atom. The first-order valence-corrected chi connectivity index (χ1v) is 9.08. The summed E-state index contributed by atoms with van der Waals surface area (Å²) in [6, 6.07) is 21.6. The van der Waals surface area contributed by atoms with Crippen LogP contribution in [0.5, 0.6) is 5.75 Å². The number of aromatic hydroxyl groups is 1. The van der Waals surface area contributed by atoms with Gasteiger partial charge in [0.2, 0.25) is 0 Å². The molecule has 3 aromatic heterocycles. The molecule has 0 spiro atoms. The van der Waals surface area contributed by atoms with E-state index in [0.717, 1.165) is 43.0 Å². The lowest BCUT2D eigenvalue weighted by Gasteiger charge is -2.02. The van der Waals surface area contributed by atoms with Crippen LogP contribution in [0.2, 0.25) is 0 Å². The molecule has 3 heterocycles. The Balaban J connectivity index is 2.03. The van der Waals surface area contributed by atoms with Gasteiger partial charge in [0.1, 0.15) is 5.75 Å². The number of benzene rings is 3. The van der Waals surface area contributed by atoms with Crippen LogP contribution in [-0.2, 0) is 0 Å². The minimum Gasteiger partial charge on any atom is -0.508 e. The summed E-state index contributed by atoms with van der Waals surface area (Å²) in [6.07, 6.45) is 0. The van der Waals surface area contributed by atoms with Gasteiger partial charge in [0, 0.05) is 6.07 Å². The molecule has 0 amide bonds. The minimum absolute atomic E-state index is 0.227. The molecule has 0 saturated carbocycles. The van der Waals surface area contributed by atoms with Gasteiger partial charge in [0.15, 0.2) is 9.92 Å². The van der Waals surface area contributed by atoms with E-state index >= 15 is 0 Å². The van der Waals surface area contributed by atoms with Gasteiger partial charge < -0.3 is 5.11 Å². The minimum atomic E-state index is 0.227. The van der Waals surface area contributed by atoms with Gasteiger partial charge in [-0.15, -0.1) is 0 Å². The van der Waals surface area contributed by atoms with E-state index in [4.69, 9.17) is 9.97 Å². The first-order chi connectivity index (χ1) is 12.8. The molecule has 0 aliphatic carbocycles. The fraction of sp³-hybridized carbons (Fsp3) is 0. The van der Waals surface area contributed by atoms with Crippen molar-refractivity contribution in [1.29, 1.82) is 0 Å². The molecule has 1 N–H and O–H groups in total. The van der Waals surface area contributed by atoms with E-state index in [-0.39, 0.29) is 5.75 Å². The Labute approximate surface area is 151 Å². The Morgan fingerprint density at radius 2 is 1.23 bits per heavy atom. The second-order valence-electron chi connectivity index (χ2n) is 6.21. The third-order valence-corrected chi connectivity index (χ3v) is 5.60. The van der Waals surface area contributed by atoms with Crippen LogP contribution in [-0.4, -0.2) is 23.9 Å². The standard InChI is InChI=1S/C20H12N4OS/c25-12-9-10-17-18(11-12)24-16-8-4-2-6-14(16)22-20(24)26-19-21-13-5-1-3-7-15(13)23(17)19/h1-11,25H. The number of hydrogen-bond donors (Lipinski definition) is 1. The van der Waals surface area contributed by atoms with Gasteiger partial charge in [-0.1, -0.05) is 35.6 Å². The maximum atomic E-state index is 10.2. The molecule has 6 heteroatoms. The first-order valence-electron chi connectivity index (χ1n) is 8.26. The lowest BCUT2D eigenvalue weighted by molar-refractivity contribution is 0.476. The summed E-state index contributed by atoms with van der Waals surface area (Å²) < 4.78 is 4.23. The highest BCUT2D eigenvalue weighted by atomic mass is 32.1. The molecular weight excluding hydrogens is 344 g/mol. The molecule has 0 fully saturated rings. The highest BCUT2D eigenvalue weighted by Gasteiger charge is 2.13. The predicted molar refractivity (Wildman–Crippen MR) is 105 cm³/mol. The van der Waals surface area contributed by atoms with Crippen molar-refractivity contribution in [2.45, 2.75) is 0 Å². The summed E-state index contributed by atoms with van der Waals surface area (Å²) in [7, 11) is 0. The fourth-order valence-corrected chi connectivity index (χ4v) is 4.60. The van der Waals surface area contributed by atoms with Crippen LogP contribution in [0.4, 0.5) is 0 Å². The molecular formula is C20H12N4OS. The molecule has 6 rings (SSSR count). The maximum Gasteiger partial charge on any atom is 0.198 e. The average Bonchev–Trinajstić information content (AvgIpc) is 3.16. The molecule has 0 saturated heterocycles. The second-order valence-corrected chi connectivity index (χ2v) is 7.15. The first kappa shape index (κ1) is 13.9. The molecule has 124 valence electrons. The quantitative estimate of drug-likeness (QED) is 0.426. The van der Waals surface area contributed by atoms with Crippen molar-refractivity contribution in [3.8, 4) is 5.75 Å². The largest absolute Gasteiger partial charge is 0.508 e. The normalized spacial score (nSPS) is 12.0. The number of para-hydroxylation sites is 4. The Hall–Kier alpha value is -3.38. The number of nitrogens with zero attached hydrogens (tertiary/aromatic N) is 4. The Kier molecular flexibility index (Phi) is 2.58. The molecule has 0 aliphatic heterocycles. The number of rotatable bonds is 0. The van der Waals surface area contributed by atoms with E-state index in [1.54, 1.807) is 12.1 Å². The molecule has 0 unspecified atom stereocenters. The van der Waals surface area contributed by atoms with Crippen molar-refractivity contribution >= 4 is 54.4 Å². The highest BCUT2D eigenvalue weighted by molar-refractivity contribution is 7.21. The van der Waals surface area contributed by atoms with Crippen LogP contribution in [0, 0.1) is 0 Å². The van der Waals surface area contributed by atoms with E-state index in [1.807, 2.05) is 48.5 Å². The topological polar surface area (TPSA) is 54.8 Å². The van der Waals surface area contributed by atoms with Crippen molar-refractivity contribution in [3.63, 3.8) is 0 Å². The average molecular weight is 356 g/mol. The fourth-order valence-electron chi connectivity index (χ4n) is 3.57. The van der Waals surface area contributed by atoms with E-state index in [9.17, 15) is 5.11 Å². The number of imidazole rings is 2. The number of fused-ring (bicyclic) bond motifs is 9. The third kappa shape index (κ3) is 1.74. The molecule has 0 atom stereocenters. The number of phenolic OH excluding ortho intramolecular Hbond substituents is 1. The van der Waals surface area contributed by atoms with Crippen molar-refractivity contribution in [3.05, 3.63) is 66.7 Å². The van der Waals surface area contributed by atoms with Crippen LogP contribution in [0.25, 0.3) is 43.0 Å². The van der Waals surface area contributed by atoms with Crippen molar-refractivity contribution in [1.82, 2.24) is 18.8 Å². The molecule has 0 aliphatic rings. The maximum absolute atomic E-state index is 10.2. The SMILES string of the molecule is Oc1ccc2c(c1)n1c(nc3ccccc31)sc1nc3ccccc3n12. The summed E-state index contributed by atoms with van der Waals surface area (Å²) in [6.45, 7) is 0. The molecule has 5 nitrogen and oxygen atoms in total. The molecule has 0 bridgehead atoms. The number of hydrogen-bond acceptors (Lipinski definition) is 4. The van der Waals surface area contributed by atoms with Gasteiger partial charge in [0.05, 0.1) is 33.1 Å². The number of aromatic nitrogens is 4. The zero-order valence-electron chi connectivity index (χ0n) is 13.5. The summed E-state index contributed by atoms with van der Waals surface area (Å²) in [5, 5.41) is 10.2. The van der Waals surface area contributed by atoms with Crippen LogP contribution in [0.3, 0.4) is 0 Å². The van der Waals surface area contributed by atoms with Crippen LogP contribution < -0.4 is 0 Å². The van der Waals surface area contributed by atoms with E-state index in [0.29, 0.717) is 0 Å². The van der Waals surface area contributed by atoms with Gasteiger partial charge in [-0.2, -0.15) is 0 Å². The van der Waals surface area contributed by atoms with Crippen LogP contribution in [0.1, 0.15) is 0 Å². The third-order valence-electron chi connectivity index (χ3n) is 4.68. The van der Waals surface area contributed by atoms with Crippen LogP contribution in [0.15, 0.2) is 66.7 Å². The van der Waals surface area contributed by atoms with Crippen molar-refractivity contribution in [2.75, 3.05) is 0 Å². The summed E-state index contributed by atoms with van der Waals surface area (Å²) in [5.74, 6) is 0.227. The molecule has 3 aromatic carbocycles. The lowest BCUT2D eigenvalue weighted by atomic mass is 10.2. The van der Waals surface area contributed by atoms with Gasteiger partial charge in [-0.3, -0.25) is 8.80 Å². The lowest BCUT2D eigenvalue weighted by Crippen LogP contribution is -1.88. The summed E-state index contributed by atoms with van der Waals surface area (Å²) in [5.41, 5.74) is 5.78. The summed E-state index contributed by atoms with van der Waals surface area (Å²) in [4.78, 5) is 11.3. The van der Waals surface area contributed by atoms with E-state index in [1.165, 1.54) is 11.3 Å². The summed E-state index contributed by atoms with van der Waals surface area (Å²) >= 11 is 1.54. The van der Waals surface area contributed by atoms with Crippen molar-refractivity contribution in [2.24, 2.45) is 0 Å². The molecule has 26 heavy (non-hydrogen) atoms. The zero-order valence-corrected chi connectivity index (χ0v) is 14.3. The van der Waals surface area contributed by atoms with Gasteiger partial charge in [-0.25, -0.2) is 9.97 Å². The smallest absolute Gasteiger partial charge is 0.198 e. The monoisotopic (exact) mass is 356 g/mol.